The quantitative estimate of drug-likeness (QED) is 0.190. The summed E-state index contributed by atoms with van der Waals surface area (Å²) >= 11 is 0. The molecule has 3 nitrogen and oxygen atoms in total. The van der Waals surface area contributed by atoms with Crippen molar-refractivity contribution >= 4 is 32.6 Å². The van der Waals surface area contributed by atoms with Crippen LogP contribution in [0.25, 0.3) is 82.8 Å². The second kappa shape index (κ2) is 11.7. The van der Waals surface area contributed by atoms with Gasteiger partial charge in [-0.25, -0.2) is 0 Å². The molecule has 3 aromatic heterocycles. The van der Waals surface area contributed by atoms with Crippen LogP contribution < -0.4 is 0 Å². The Balaban J connectivity index is 1.17. The lowest BCUT2D eigenvalue weighted by Gasteiger charge is -2.12. The highest BCUT2D eigenvalue weighted by molar-refractivity contribution is 6.19. The molecular weight excluding hydrogens is 595 g/mol. The monoisotopic (exact) mass is 627 g/mol. The highest BCUT2D eigenvalue weighted by Gasteiger charge is 2.17. The van der Waals surface area contributed by atoms with Crippen molar-refractivity contribution < 1.29 is 0 Å². The van der Waals surface area contributed by atoms with Crippen molar-refractivity contribution in [3.63, 3.8) is 0 Å². The summed E-state index contributed by atoms with van der Waals surface area (Å²) < 4.78 is 2.44. The van der Waals surface area contributed by atoms with E-state index in [0.717, 1.165) is 17.1 Å². The van der Waals surface area contributed by atoms with Gasteiger partial charge in [-0.1, -0.05) is 115 Å². The van der Waals surface area contributed by atoms with Gasteiger partial charge in [0.1, 0.15) is 0 Å². The number of nitrogens with zero attached hydrogens (tertiary/aromatic N) is 3. The highest BCUT2D eigenvalue weighted by atomic mass is 15.0. The number of hydrogen-bond donors (Lipinski definition) is 0. The minimum Gasteiger partial charge on any atom is -0.309 e. The van der Waals surface area contributed by atoms with Crippen LogP contribution in [0.5, 0.6) is 0 Å². The van der Waals surface area contributed by atoms with Crippen molar-refractivity contribution in [3.05, 3.63) is 175 Å². The van der Waals surface area contributed by atoms with Gasteiger partial charge in [0, 0.05) is 56.8 Å². The van der Waals surface area contributed by atoms with Crippen LogP contribution >= 0.6 is 0 Å². The van der Waals surface area contributed by atoms with Gasteiger partial charge in [-0.05, 0) is 89.0 Å². The molecule has 0 atom stereocenters. The van der Waals surface area contributed by atoms with E-state index in [2.05, 4.69) is 168 Å². The van der Waals surface area contributed by atoms with Crippen LogP contribution in [0.1, 0.15) is 11.4 Å². The maximum Gasteiger partial charge on any atom is 0.0619 e. The van der Waals surface area contributed by atoms with Crippen molar-refractivity contribution in [1.29, 1.82) is 0 Å². The molecular formula is C46H33N3. The molecule has 232 valence electrons. The molecule has 0 spiro atoms. The number of hydrogen-bond acceptors (Lipinski definition) is 2. The summed E-state index contributed by atoms with van der Waals surface area (Å²) in [7, 11) is 0. The molecule has 0 unspecified atom stereocenters. The number of pyridine rings is 2. The lowest BCUT2D eigenvalue weighted by molar-refractivity contribution is 1.19. The average Bonchev–Trinajstić information content (AvgIpc) is 3.50. The Kier molecular flexibility index (Phi) is 6.91. The Bertz CT molecular complexity index is 2650. The lowest BCUT2D eigenvalue weighted by Crippen LogP contribution is -1.94. The van der Waals surface area contributed by atoms with E-state index in [1.165, 1.54) is 77.1 Å². The SMILES string of the molecule is Cc1ncccc1-c1ccc(-c2ccc3c(ccc4c5ccc(-c6ccc(-c7cccnc7C)cc6)cc5n(-c5ccccc5)c34)c2)cc1. The van der Waals surface area contributed by atoms with E-state index in [9.17, 15) is 0 Å². The molecule has 0 aliphatic heterocycles. The van der Waals surface area contributed by atoms with Crippen molar-refractivity contribution in [1.82, 2.24) is 14.5 Å². The molecule has 0 fully saturated rings. The van der Waals surface area contributed by atoms with Crippen molar-refractivity contribution in [3.8, 4) is 50.2 Å². The van der Waals surface area contributed by atoms with Gasteiger partial charge in [-0.15, -0.1) is 0 Å². The van der Waals surface area contributed by atoms with E-state index in [-0.39, 0.29) is 0 Å². The second-order valence-corrected chi connectivity index (χ2v) is 12.7. The number of para-hydroxylation sites is 1. The zero-order valence-corrected chi connectivity index (χ0v) is 27.4. The summed E-state index contributed by atoms with van der Waals surface area (Å²) in [4.78, 5) is 8.95. The Labute approximate surface area is 285 Å². The highest BCUT2D eigenvalue weighted by Crippen LogP contribution is 2.40. The molecule has 0 radical (unpaired) electrons. The summed E-state index contributed by atoms with van der Waals surface area (Å²) in [6, 6.07) is 55.0. The molecule has 0 aliphatic carbocycles. The predicted molar refractivity (Wildman–Crippen MR) is 205 cm³/mol. The third kappa shape index (κ3) is 4.99. The summed E-state index contributed by atoms with van der Waals surface area (Å²) in [5, 5.41) is 4.96. The topological polar surface area (TPSA) is 30.7 Å². The molecule has 0 bridgehead atoms. The fraction of sp³-hybridized carbons (Fsp3) is 0.0435. The fourth-order valence-corrected chi connectivity index (χ4v) is 7.30. The molecule has 49 heavy (non-hydrogen) atoms. The Hall–Kier alpha value is -6.32. The molecule has 3 heterocycles. The minimum absolute atomic E-state index is 1.04. The molecule has 6 aromatic carbocycles. The van der Waals surface area contributed by atoms with Crippen LogP contribution in [0.2, 0.25) is 0 Å². The van der Waals surface area contributed by atoms with Gasteiger partial charge in [0.05, 0.1) is 11.0 Å². The third-order valence-electron chi connectivity index (χ3n) is 9.83. The normalized spacial score (nSPS) is 11.5. The van der Waals surface area contributed by atoms with E-state index in [0.29, 0.717) is 0 Å². The standard InChI is InChI=1S/C46H33N3/c1-30-40(10-6-26-47-30)34-16-12-32(13-17-34)36-20-23-42-38(28-36)22-25-44-43-24-21-37(29-45(43)49(46(42)44)39-8-4-3-5-9-39)33-14-18-35(19-15-33)41-11-7-27-48-31(41)2/h3-29H,1-2H3. The molecule has 0 N–H and O–H groups in total. The summed E-state index contributed by atoms with van der Waals surface area (Å²) in [6.45, 7) is 4.12. The fourth-order valence-electron chi connectivity index (χ4n) is 7.30. The third-order valence-corrected chi connectivity index (χ3v) is 9.83. The van der Waals surface area contributed by atoms with Crippen LogP contribution in [0, 0.1) is 13.8 Å². The van der Waals surface area contributed by atoms with Gasteiger partial charge in [0.2, 0.25) is 0 Å². The zero-order chi connectivity index (χ0) is 32.9. The molecule has 9 rings (SSSR count). The summed E-state index contributed by atoms with van der Waals surface area (Å²) in [5.41, 5.74) is 15.1. The first-order valence-corrected chi connectivity index (χ1v) is 16.7. The largest absolute Gasteiger partial charge is 0.309 e. The smallest absolute Gasteiger partial charge is 0.0619 e. The summed E-state index contributed by atoms with van der Waals surface area (Å²) in [6.07, 6.45) is 3.69. The maximum atomic E-state index is 4.48. The maximum absolute atomic E-state index is 4.48. The first-order chi connectivity index (χ1) is 24.1. The number of aromatic nitrogens is 3. The molecule has 0 aliphatic rings. The number of rotatable bonds is 5. The van der Waals surface area contributed by atoms with E-state index in [1.54, 1.807) is 0 Å². The van der Waals surface area contributed by atoms with E-state index in [4.69, 9.17) is 0 Å². The van der Waals surface area contributed by atoms with Crippen molar-refractivity contribution in [2.45, 2.75) is 13.8 Å². The molecule has 3 heteroatoms. The van der Waals surface area contributed by atoms with Crippen LogP contribution in [-0.4, -0.2) is 14.5 Å². The predicted octanol–water partition coefficient (Wildman–Crippen LogP) is 12.0. The average molecular weight is 628 g/mol. The lowest BCUT2D eigenvalue weighted by atomic mass is 9.97. The number of aryl methyl sites for hydroxylation is 2. The minimum atomic E-state index is 1.04. The Morgan fingerprint density at radius 2 is 0.918 bits per heavy atom. The second-order valence-electron chi connectivity index (χ2n) is 12.7. The van der Waals surface area contributed by atoms with Crippen molar-refractivity contribution in [2.75, 3.05) is 0 Å². The zero-order valence-electron chi connectivity index (χ0n) is 27.4. The summed E-state index contributed by atoms with van der Waals surface area (Å²) in [5.74, 6) is 0. The van der Waals surface area contributed by atoms with Crippen molar-refractivity contribution in [2.24, 2.45) is 0 Å². The first kappa shape index (κ1) is 28.9. The van der Waals surface area contributed by atoms with E-state index in [1.807, 2.05) is 24.5 Å². The van der Waals surface area contributed by atoms with E-state index >= 15 is 0 Å². The van der Waals surface area contributed by atoms with Crippen LogP contribution in [-0.2, 0) is 0 Å². The molecule has 9 aromatic rings. The molecule has 0 saturated heterocycles. The van der Waals surface area contributed by atoms with Crippen LogP contribution in [0.15, 0.2) is 164 Å². The van der Waals surface area contributed by atoms with Gasteiger partial charge >= 0.3 is 0 Å². The van der Waals surface area contributed by atoms with Gasteiger partial charge in [0.15, 0.2) is 0 Å². The van der Waals surface area contributed by atoms with E-state index < -0.39 is 0 Å². The van der Waals surface area contributed by atoms with Gasteiger partial charge < -0.3 is 4.57 Å². The molecule has 0 saturated carbocycles. The van der Waals surface area contributed by atoms with Gasteiger partial charge in [0.25, 0.3) is 0 Å². The van der Waals surface area contributed by atoms with Gasteiger partial charge in [-0.2, -0.15) is 0 Å². The van der Waals surface area contributed by atoms with Gasteiger partial charge in [-0.3, -0.25) is 9.97 Å². The Morgan fingerprint density at radius 3 is 1.51 bits per heavy atom. The molecule has 0 amide bonds. The van der Waals surface area contributed by atoms with Crippen LogP contribution in [0.3, 0.4) is 0 Å². The first-order valence-electron chi connectivity index (χ1n) is 16.7. The van der Waals surface area contributed by atoms with Crippen LogP contribution in [0.4, 0.5) is 0 Å². The Morgan fingerprint density at radius 1 is 0.408 bits per heavy atom. The number of fused-ring (bicyclic) bond motifs is 5. The number of benzene rings is 6.